The van der Waals surface area contributed by atoms with Crippen molar-refractivity contribution in [1.82, 2.24) is 10.3 Å². The Morgan fingerprint density at radius 3 is 2.80 bits per heavy atom. The number of H-pyrrole nitrogens is 1. The van der Waals surface area contributed by atoms with Gasteiger partial charge in [-0.25, -0.2) is 0 Å². The minimum atomic E-state index is 0.300. The van der Waals surface area contributed by atoms with Crippen LogP contribution in [0.2, 0.25) is 0 Å². The highest BCUT2D eigenvalue weighted by Crippen LogP contribution is 2.23. The second-order valence-electron chi connectivity index (χ2n) is 4.25. The molecule has 1 aliphatic rings. The van der Waals surface area contributed by atoms with Gasteiger partial charge in [-0.15, -0.1) is 0 Å². The predicted molar refractivity (Wildman–Crippen MR) is 59.0 cm³/mol. The number of nitrogens with one attached hydrogen (secondary N) is 2. The average Bonchev–Trinajstić information content (AvgIpc) is 2.80. The van der Waals surface area contributed by atoms with Crippen LogP contribution < -0.4 is 5.32 Å². The number of hydrogen-bond acceptors (Lipinski definition) is 2. The average molecular weight is 203 g/mol. The van der Waals surface area contributed by atoms with Crippen LogP contribution in [0.4, 0.5) is 0 Å². The molecule has 0 aliphatic heterocycles. The van der Waals surface area contributed by atoms with Crippen LogP contribution in [0.15, 0.2) is 18.3 Å². The SMILES string of the molecule is N#CC1CCC(NCc2ccc[nH]2)CC1. The Balaban J connectivity index is 1.71. The first-order chi connectivity index (χ1) is 7.38. The maximum Gasteiger partial charge on any atom is 0.0655 e. The van der Waals surface area contributed by atoms with Gasteiger partial charge in [0.25, 0.3) is 0 Å². The lowest BCUT2D eigenvalue weighted by Crippen LogP contribution is -2.32. The third-order valence-corrected chi connectivity index (χ3v) is 3.15. The fraction of sp³-hybridized carbons (Fsp3) is 0.583. The highest BCUT2D eigenvalue weighted by atomic mass is 14.9. The van der Waals surface area contributed by atoms with Gasteiger partial charge in [-0.05, 0) is 37.8 Å². The van der Waals surface area contributed by atoms with Crippen LogP contribution in [-0.4, -0.2) is 11.0 Å². The molecule has 3 nitrogen and oxygen atoms in total. The minimum absolute atomic E-state index is 0.300. The van der Waals surface area contributed by atoms with Gasteiger partial charge >= 0.3 is 0 Å². The fourth-order valence-corrected chi connectivity index (χ4v) is 2.16. The molecule has 0 unspecified atom stereocenters. The molecule has 0 bridgehead atoms. The van der Waals surface area contributed by atoms with Crippen LogP contribution in [0.3, 0.4) is 0 Å². The van der Waals surface area contributed by atoms with Gasteiger partial charge in [0.1, 0.15) is 0 Å². The molecule has 2 rings (SSSR count). The third kappa shape index (κ3) is 2.84. The zero-order valence-corrected chi connectivity index (χ0v) is 8.87. The maximum atomic E-state index is 8.78. The zero-order chi connectivity index (χ0) is 10.5. The Bertz CT molecular complexity index is 315. The van der Waals surface area contributed by atoms with E-state index in [4.69, 9.17) is 5.26 Å². The molecule has 1 aromatic heterocycles. The van der Waals surface area contributed by atoms with E-state index in [0.29, 0.717) is 12.0 Å². The first kappa shape index (κ1) is 10.3. The smallest absolute Gasteiger partial charge is 0.0655 e. The molecule has 80 valence electrons. The highest BCUT2D eigenvalue weighted by Gasteiger charge is 2.20. The van der Waals surface area contributed by atoms with Gasteiger partial charge in [-0.1, -0.05) is 0 Å². The molecule has 1 aliphatic carbocycles. The van der Waals surface area contributed by atoms with Crippen molar-refractivity contribution in [1.29, 1.82) is 5.26 Å². The van der Waals surface area contributed by atoms with Crippen molar-refractivity contribution in [3.8, 4) is 6.07 Å². The number of hydrogen-bond donors (Lipinski definition) is 2. The summed E-state index contributed by atoms with van der Waals surface area (Å²) in [5.41, 5.74) is 1.23. The summed E-state index contributed by atoms with van der Waals surface area (Å²) in [5.74, 6) is 0.300. The van der Waals surface area contributed by atoms with Crippen LogP contribution in [0.1, 0.15) is 31.4 Å². The van der Waals surface area contributed by atoms with Crippen LogP contribution in [0, 0.1) is 17.2 Å². The molecule has 3 heteroatoms. The summed E-state index contributed by atoms with van der Waals surface area (Å²) in [6.45, 7) is 0.912. The van der Waals surface area contributed by atoms with Crippen molar-refractivity contribution in [3.05, 3.63) is 24.0 Å². The normalized spacial score (nSPS) is 26.1. The van der Waals surface area contributed by atoms with Gasteiger partial charge in [0, 0.05) is 30.4 Å². The Hall–Kier alpha value is -1.27. The molecule has 1 heterocycles. The van der Waals surface area contributed by atoms with Gasteiger partial charge in [0.15, 0.2) is 0 Å². The number of aromatic amines is 1. The van der Waals surface area contributed by atoms with Gasteiger partial charge in [-0.3, -0.25) is 0 Å². The standard InChI is InChI=1S/C12H17N3/c13-8-10-3-5-11(6-4-10)15-9-12-2-1-7-14-12/h1-2,7,10-11,14-15H,3-6,9H2. The first-order valence-electron chi connectivity index (χ1n) is 5.64. The summed E-state index contributed by atoms with van der Waals surface area (Å²) in [4.78, 5) is 3.18. The maximum absolute atomic E-state index is 8.78. The first-order valence-corrected chi connectivity index (χ1v) is 5.64. The Morgan fingerprint density at radius 1 is 1.40 bits per heavy atom. The van der Waals surface area contributed by atoms with E-state index >= 15 is 0 Å². The van der Waals surface area contributed by atoms with Crippen molar-refractivity contribution in [2.75, 3.05) is 0 Å². The van der Waals surface area contributed by atoms with E-state index in [0.717, 1.165) is 32.2 Å². The largest absolute Gasteiger partial charge is 0.364 e. The van der Waals surface area contributed by atoms with Crippen molar-refractivity contribution in [3.63, 3.8) is 0 Å². The van der Waals surface area contributed by atoms with Gasteiger partial charge in [-0.2, -0.15) is 5.26 Å². The van der Waals surface area contributed by atoms with E-state index < -0.39 is 0 Å². The molecule has 0 atom stereocenters. The Labute approximate surface area is 90.5 Å². The summed E-state index contributed by atoms with van der Waals surface area (Å²) >= 11 is 0. The molecular weight excluding hydrogens is 186 g/mol. The van der Waals surface area contributed by atoms with Crippen LogP contribution in [0.25, 0.3) is 0 Å². The number of nitrogens with zero attached hydrogens (tertiary/aromatic N) is 1. The summed E-state index contributed by atoms with van der Waals surface area (Å²) in [6.07, 6.45) is 6.33. The van der Waals surface area contributed by atoms with E-state index in [-0.39, 0.29) is 0 Å². The summed E-state index contributed by atoms with van der Waals surface area (Å²) in [6, 6.07) is 7.06. The van der Waals surface area contributed by atoms with E-state index in [2.05, 4.69) is 22.4 Å². The van der Waals surface area contributed by atoms with Crippen LogP contribution >= 0.6 is 0 Å². The van der Waals surface area contributed by atoms with Crippen molar-refractivity contribution >= 4 is 0 Å². The molecule has 1 aromatic rings. The molecule has 1 saturated carbocycles. The molecule has 15 heavy (non-hydrogen) atoms. The third-order valence-electron chi connectivity index (χ3n) is 3.15. The predicted octanol–water partition coefficient (Wildman–Crippen LogP) is 2.19. The quantitative estimate of drug-likeness (QED) is 0.791. The summed E-state index contributed by atoms with van der Waals surface area (Å²) in [7, 11) is 0. The number of nitriles is 1. The molecule has 0 aromatic carbocycles. The molecular formula is C12H17N3. The molecule has 2 N–H and O–H groups in total. The number of rotatable bonds is 3. The topological polar surface area (TPSA) is 51.6 Å². The lowest BCUT2D eigenvalue weighted by atomic mass is 9.87. The van der Waals surface area contributed by atoms with Gasteiger partial charge in [0.05, 0.1) is 6.07 Å². The van der Waals surface area contributed by atoms with Crippen molar-refractivity contribution in [2.45, 2.75) is 38.3 Å². The minimum Gasteiger partial charge on any atom is -0.364 e. The summed E-state index contributed by atoms with van der Waals surface area (Å²) < 4.78 is 0. The molecule has 0 saturated heterocycles. The van der Waals surface area contributed by atoms with E-state index in [1.807, 2.05) is 12.3 Å². The summed E-state index contributed by atoms with van der Waals surface area (Å²) in [5, 5.41) is 12.3. The molecule has 0 amide bonds. The zero-order valence-electron chi connectivity index (χ0n) is 8.87. The Morgan fingerprint density at radius 2 is 2.20 bits per heavy atom. The van der Waals surface area contributed by atoms with Crippen LogP contribution in [-0.2, 0) is 6.54 Å². The molecule has 1 fully saturated rings. The monoisotopic (exact) mass is 203 g/mol. The fourth-order valence-electron chi connectivity index (χ4n) is 2.16. The highest BCUT2D eigenvalue weighted by molar-refractivity contribution is 5.03. The molecule has 0 radical (unpaired) electrons. The van der Waals surface area contributed by atoms with Crippen molar-refractivity contribution < 1.29 is 0 Å². The lowest BCUT2D eigenvalue weighted by molar-refractivity contribution is 0.330. The Kier molecular flexibility index (Phi) is 3.41. The van der Waals surface area contributed by atoms with E-state index in [1.165, 1.54) is 5.69 Å². The van der Waals surface area contributed by atoms with E-state index in [1.54, 1.807) is 0 Å². The van der Waals surface area contributed by atoms with Crippen molar-refractivity contribution in [2.24, 2.45) is 5.92 Å². The van der Waals surface area contributed by atoms with Gasteiger partial charge < -0.3 is 10.3 Å². The second kappa shape index (κ2) is 4.99. The number of aromatic nitrogens is 1. The van der Waals surface area contributed by atoms with Crippen LogP contribution in [0.5, 0.6) is 0 Å². The molecule has 0 spiro atoms. The van der Waals surface area contributed by atoms with E-state index in [9.17, 15) is 0 Å². The lowest BCUT2D eigenvalue weighted by Gasteiger charge is -2.25. The van der Waals surface area contributed by atoms with Gasteiger partial charge in [0.2, 0.25) is 0 Å². The second-order valence-corrected chi connectivity index (χ2v) is 4.25.